The first-order chi connectivity index (χ1) is 32.0. The molecule has 5 aliphatic heterocycles. The highest BCUT2D eigenvalue weighted by Gasteiger charge is 2.55. The summed E-state index contributed by atoms with van der Waals surface area (Å²) in [6.45, 7) is 33.8. The number of carboxylic acid groups (broad SMARTS) is 1. The van der Waals surface area contributed by atoms with Crippen molar-refractivity contribution in [1.29, 1.82) is 0 Å². The number of hydrogen-bond donors (Lipinski definition) is 1. The summed E-state index contributed by atoms with van der Waals surface area (Å²) in [5.74, 6) is 2.85. The summed E-state index contributed by atoms with van der Waals surface area (Å²) in [5, 5.41) is 11.9. The minimum absolute atomic E-state index is 0.00601. The number of piperazine rings is 1. The van der Waals surface area contributed by atoms with Crippen molar-refractivity contribution in [2.24, 2.45) is 5.92 Å². The van der Waals surface area contributed by atoms with Crippen LogP contribution in [0, 0.1) is 29.0 Å². The van der Waals surface area contributed by atoms with E-state index in [1.54, 1.807) is 17.0 Å². The Morgan fingerprint density at radius 3 is 2.41 bits per heavy atom. The van der Waals surface area contributed by atoms with Crippen LogP contribution in [-0.2, 0) is 4.43 Å². The van der Waals surface area contributed by atoms with Gasteiger partial charge in [0.1, 0.15) is 49.0 Å². The quantitative estimate of drug-likeness (QED) is 0.0936. The predicted octanol–water partition coefficient (Wildman–Crippen LogP) is 11.6. The highest BCUT2D eigenvalue weighted by molar-refractivity contribution is 6.90. The Hall–Kier alpha value is -4.63. The fourth-order valence-electron chi connectivity index (χ4n) is 12.8. The molecule has 4 fully saturated rings. The van der Waals surface area contributed by atoms with Crippen molar-refractivity contribution < 1.29 is 32.6 Å². The van der Waals surface area contributed by atoms with Crippen molar-refractivity contribution in [2.45, 2.75) is 159 Å². The van der Waals surface area contributed by atoms with Gasteiger partial charge >= 0.3 is 12.1 Å². The number of hydrogen-bond acceptors (Lipinski definition) is 9. The van der Waals surface area contributed by atoms with Crippen LogP contribution in [0.1, 0.15) is 100 Å². The van der Waals surface area contributed by atoms with Gasteiger partial charge in [0, 0.05) is 36.6 Å². The average molecular weight is 965 g/mol. The second kappa shape index (κ2) is 17.3. The summed E-state index contributed by atoms with van der Waals surface area (Å²) in [6, 6.07) is 7.45. The van der Waals surface area contributed by atoms with E-state index in [0.717, 1.165) is 31.5 Å². The number of nitrogens with zero attached hydrogens (tertiary/aromatic N) is 6. The molecule has 2 bridgehead atoms. The fraction of sp³-hybridized carbons (Fsp3) is 0.585. The zero-order chi connectivity index (χ0) is 49.0. The van der Waals surface area contributed by atoms with Crippen molar-refractivity contribution >= 4 is 50.0 Å². The molecular weight excluding hydrogens is 895 g/mol. The molecule has 0 spiro atoms. The van der Waals surface area contributed by atoms with Crippen molar-refractivity contribution in [3.05, 3.63) is 59.7 Å². The van der Waals surface area contributed by atoms with Crippen LogP contribution in [0.25, 0.3) is 32.9 Å². The van der Waals surface area contributed by atoms with Gasteiger partial charge in [-0.05, 0) is 85.4 Å². The molecule has 68 heavy (non-hydrogen) atoms. The molecule has 0 saturated carbocycles. The number of amides is 1. The maximum Gasteiger partial charge on any atom is 0.407 e. The topological polar surface area (TPSA) is 113 Å². The number of ether oxygens (including phenoxy) is 2. The van der Waals surface area contributed by atoms with Crippen molar-refractivity contribution in [2.75, 3.05) is 37.7 Å². The van der Waals surface area contributed by atoms with E-state index in [1.807, 2.05) is 19.1 Å². The number of halogens is 2. The zero-order valence-corrected chi connectivity index (χ0v) is 44.1. The highest BCUT2D eigenvalue weighted by atomic mass is 28.4. The van der Waals surface area contributed by atoms with Gasteiger partial charge in [-0.2, -0.15) is 9.97 Å². The van der Waals surface area contributed by atoms with Crippen molar-refractivity contribution in [3.8, 4) is 34.6 Å². The molecule has 0 aliphatic carbocycles. The lowest BCUT2D eigenvalue weighted by Gasteiger charge is -2.47. The maximum absolute atomic E-state index is 18.1. The molecule has 4 aromatic rings. The smallest absolute Gasteiger partial charge is 0.407 e. The van der Waals surface area contributed by atoms with Crippen LogP contribution >= 0.6 is 0 Å². The summed E-state index contributed by atoms with van der Waals surface area (Å²) >= 11 is 0. The Bertz CT molecular complexity index is 2730. The molecule has 7 heterocycles. The molecule has 1 N–H and O–H groups in total. The first-order valence-electron chi connectivity index (χ1n) is 24.8. The molecule has 6 unspecified atom stereocenters. The lowest BCUT2D eigenvalue weighted by molar-refractivity contribution is 0.0524. The van der Waals surface area contributed by atoms with Crippen LogP contribution in [-0.4, -0.2) is 115 Å². The third-order valence-corrected chi connectivity index (χ3v) is 28.0. The van der Waals surface area contributed by atoms with E-state index in [-0.39, 0.29) is 52.3 Å². The Morgan fingerprint density at radius 1 is 1.01 bits per heavy atom. The first-order valence-corrected chi connectivity index (χ1v) is 29.9. The van der Waals surface area contributed by atoms with Crippen LogP contribution < -0.4 is 14.4 Å². The van der Waals surface area contributed by atoms with E-state index in [4.69, 9.17) is 28.9 Å². The summed E-state index contributed by atoms with van der Waals surface area (Å²) in [4.78, 5) is 33.9. The number of fused-ring (bicyclic) bond motifs is 7. The second-order valence-electron chi connectivity index (χ2n) is 22.9. The van der Waals surface area contributed by atoms with Gasteiger partial charge < -0.3 is 23.9 Å². The van der Waals surface area contributed by atoms with Gasteiger partial charge in [-0.25, -0.2) is 18.6 Å². The van der Waals surface area contributed by atoms with Crippen LogP contribution in [0.4, 0.5) is 19.4 Å². The molecule has 9 rings (SSSR count). The maximum atomic E-state index is 18.1. The SMILES string of the molecule is C=C1CN2CCC(CO[Si](C)(C)C(C)(C)C)C2(COc2nc3c4c(nc(-c5cccc6ccc(F)c(C#C[Si](C(C)C)(C(C)C)C(C)C)c56)c(F)c4n2)OC(C)C2C4CCC(CN32)N4C(=O)O)C1. The van der Waals surface area contributed by atoms with E-state index >= 15 is 8.78 Å². The molecule has 11 nitrogen and oxygen atoms in total. The molecular formula is C53H70F2N6O5Si2. The number of benzene rings is 2. The molecule has 364 valence electrons. The predicted molar refractivity (Wildman–Crippen MR) is 271 cm³/mol. The molecule has 2 aromatic carbocycles. The van der Waals surface area contributed by atoms with E-state index in [1.165, 1.54) is 6.07 Å². The van der Waals surface area contributed by atoms with Gasteiger partial charge in [-0.3, -0.25) is 9.80 Å². The van der Waals surface area contributed by atoms with Crippen LogP contribution in [0.5, 0.6) is 11.9 Å². The number of anilines is 1. The van der Waals surface area contributed by atoms with Gasteiger partial charge in [0.2, 0.25) is 5.88 Å². The van der Waals surface area contributed by atoms with E-state index < -0.39 is 57.8 Å². The number of aromatic nitrogens is 3. The monoisotopic (exact) mass is 964 g/mol. The summed E-state index contributed by atoms with van der Waals surface area (Å²) in [7, 11) is -4.38. The Kier molecular flexibility index (Phi) is 12.3. The standard InChI is InChI=1S/C53H70F2N6O5Si2/c1-30(2)68(31(3)4,32(5)6)24-22-38-40(54)19-17-35-15-14-16-39(42(35)38)45-44(55)46-43-48(60-27-37-18-20-41(61(37)51(62)63)47(60)34(8)66-49(43)56-45)58-50(57-46)64-29-53-25-33(7)26-59(53)23-21-36(53)28-65-67(12,13)52(9,10)11/h14-17,19,30-32,34,36-37,41,47H,7,18,20-21,23,25-29H2,1-6,8-13H3,(H,62,63). The van der Waals surface area contributed by atoms with E-state index in [0.29, 0.717) is 70.2 Å². The zero-order valence-electron chi connectivity index (χ0n) is 42.1. The largest absolute Gasteiger partial charge is 0.472 e. The van der Waals surface area contributed by atoms with E-state index in [9.17, 15) is 9.90 Å². The lowest BCUT2D eigenvalue weighted by atomic mass is 9.83. The first kappa shape index (κ1) is 48.4. The minimum atomic E-state index is -2.31. The Labute approximate surface area is 403 Å². The second-order valence-corrected chi connectivity index (χ2v) is 33.2. The molecule has 2 aromatic heterocycles. The molecule has 6 atom stereocenters. The lowest BCUT2D eigenvalue weighted by Crippen LogP contribution is -2.64. The molecule has 1 amide bonds. The van der Waals surface area contributed by atoms with Crippen LogP contribution in [0.15, 0.2) is 42.5 Å². The normalized spacial score (nSPS) is 25.0. The Morgan fingerprint density at radius 2 is 1.74 bits per heavy atom. The van der Waals surface area contributed by atoms with Crippen LogP contribution in [0.2, 0.25) is 34.8 Å². The van der Waals surface area contributed by atoms with Gasteiger partial charge in [-0.15, -0.1) is 5.54 Å². The molecule has 15 heteroatoms. The number of rotatable bonds is 10. The van der Waals surface area contributed by atoms with Gasteiger partial charge in [0.15, 0.2) is 14.1 Å². The minimum Gasteiger partial charge on any atom is -0.472 e. The van der Waals surface area contributed by atoms with Gasteiger partial charge in [-0.1, -0.05) is 105 Å². The molecule has 4 saturated heterocycles. The summed E-state index contributed by atoms with van der Waals surface area (Å²) in [6.07, 6.45) is 1.45. The molecule has 5 aliphatic rings. The number of carbonyl (C=O) groups is 1. The van der Waals surface area contributed by atoms with Gasteiger partial charge in [0.05, 0.1) is 29.2 Å². The van der Waals surface area contributed by atoms with Gasteiger partial charge in [0.25, 0.3) is 0 Å². The molecule has 0 radical (unpaired) electrons. The van der Waals surface area contributed by atoms with E-state index in [2.05, 4.69) is 103 Å². The summed E-state index contributed by atoms with van der Waals surface area (Å²) in [5.41, 5.74) is 5.84. The third-order valence-electron chi connectivity index (χ3n) is 17.2. The summed E-state index contributed by atoms with van der Waals surface area (Å²) < 4.78 is 55.1. The third kappa shape index (κ3) is 7.71. The fourth-order valence-corrected chi connectivity index (χ4v) is 19.0. The Balaban J connectivity index is 1.21. The average Bonchev–Trinajstić information content (AvgIpc) is 3.85. The van der Waals surface area contributed by atoms with Crippen molar-refractivity contribution in [3.63, 3.8) is 0 Å². The highest BCUT2D eigenvalue weighted by Crippen LogP contribution is 2.50. The van der Waals surface area contributed by atoms with Crippen LogP contribution in [0.3, 0.4) is 0 Å². The van der Waals surface area contributed by atoms with Crippen molar-refractivity contribution in [1.82, 2.24) is 24.8 Å². The number of pyridine rings is 1.